The van der Waals surface area contributed by atoms with E-state index in [-0.39, 0.29) is 35.3 Å². The van der Waals surface area contributed by atoms with Crippen molar-refractivity contribution in [1.29, 1.82) is 0 Å². The van der Waals surface area contributed by atoms with Gasteiger partial charge < -0.3 is 5.73 Å². The molecule has 0 aromatic heterocycles. The van der Waals surface area contributed by atoms with Crippen LogP contribution in [0.25, 0.3) is 0 Å². The average Bonchev–Trinajstić information content (AvgIpc) is 1.86. The summed E-state index contributed by atoms with van der Waals surface area (Å²) in [6, 6.07) is 0. The number of hydrogen-bond donors (Lipinski definition) is 2. The van der Waals surface area contributed by atoms with Crippen LogP contribution in [0.1, 0.15) is 13.3 Å². The number of primary amides is 1. The molecule has 0 aromatic carbocycles. The molecule has 3 N–H and O–H groups in total. The molecule has 0 rings (SSSR count). The molecule has 74 valence electrons. The molecule has 0 aliphatic carbocycles. The van der Waals surface area contributed by atoms with E-state index < -0.39 is 16.0 Å². The Morgan fingerprint density at radius 1 is 1.62 bits per heavy atom. The van der Waals surface area contributed by atoms with Crippen LogP contribution in [0, 0.1) is 0 Å². The molecule has 0 aliphatic heterocycles. The number of carbonyl (C=O) groups excluding carboxylic acids is 1. The molecule has 1 amide bonds. The second-order valence-electron chi connectivity index (χ2n) is 1.89. The van der Waals surface area contributed by atoms with Gasteiger partial charge in [0, 0.05) is 0 Å². The molecule has 0 fully saturated rings. The van der Waals surface area contributed by atoms with Gasteiger partial charge in [-0.15, -0.1) is 0 Å². The van der Waals surface area contributed by atoms with E-state index in [4.69, 9.17) is 4.55 Å². The van der Waals surface area contributed by atoms with Crippen molar-refractivity contribution in [3.05, 3.63) is 12.7 Å². The molecule has 0 saturated heterocycles. The van der Waals surface area contributed by atoms with E-state index in [1.165, 1.54) is 0 Å². The van der Waals surface area contributed by atoms with Gasteiger partial charge in [0.2, 0.25) is 5.91 Å². The van der Waals surface area contributed by atoms with Gasteiger partial charge in [0.25, 0.3) is 10.1 Å². The molecule has 5 nitrogen and oxygen atoms in total. The Bertz CT molecular complexity index is 237. The quantitative estimate of drug-likeness (QED) is 0.372. The molecule has 0 atom stereocenters. The summed E-state index contributed by atoms with van der Waals surface area (Å²) < 4.78 is 27.6. The van der Waals surface area contributed by atoms with Crippen LogP contribution in [0.15, 0.2) is 12.7 Å². The Morgan fingerprint density at radius 2 is 1.92 bits per heavy atom. The van der Waals surface area contributed by atoms with Gasteiger partial charge in [0.1, 0.15) is 0 Å². The molecule has 0 aliphatic rings. The second kappa shape index (κ2) is 10.2. The molecular weight excluding hydrogens is 205 g/mol. The topological polar surface area (TPSA) is 97.5 Å². The molecule has 7 heteroatoms. The first-order chi connectivity index (χ1) is 5.33. The van der Waals surface area contributed by atoms with Crippen LogP contribution in [-0.4, -0.2) is 54.2 Å². The summed E-state index contributed by atoms with van der Waals surface area (Å²) in [4.78, 5) is 9.47. The second-order valence-corrected chi connectivity index (χ2v) is 3.46. The number of rotatable bonds is 3. The predicted molar refractivity (Wildman–Crippen MR) is 53.2 cm³/mol. The van der Waals surface area contributed by atoms with Crippen molar-refractivity contribution in [2.24, 2.45) is 5.73 Å². The minimum atomic E-state index is -3.67. The normalized spacial score (nSPS) is 8.77. The van der Waals surface area contributed by atoms with Gasteiger partial charge in [-0.25, -0.2) is 0 Å². The molecule has 0 aromatic rings. The molecule has 0 bridgehead atoms. The van der Waals surface area contributed by atoms with Crippen molar-refractivity contribution in [1.82, 2.24) is 0 Å². The van der Waals surface area contributed by atoms with Crippen molar-refractivity contribution in [2.45, 2.75) is 13.3 Å². The number of nitrogens with two attached hydrogens (primary N) is 1. The summed E-state index contributed by atoms with van der Waals surface area (Å²) in [5.41, 5.74) is 4.53. The molecular formula is C6H14NNaO4S. The van der Waals surface area contributed by atoms with Crippen molar-refractivity contribution in [3.8, 4) is 0 Å². The van der Waals surface area contributed by atoms with E-state index in [0.717, 1.165) is 6.08 Å². The van der Waals surface area contributed by atoms with E-state index in [0.29, 0.717) is 6.42 Å². The zero-order chi connectivity index (χ0) is 10.2. The minimum absolute atomic E-state index is 0. The van der Waals surface area contributed by atoms with E-state index in [2.05, 4.69) is 12.3 Å². The average molecular weight is 219 g/mol. The van der Waals surface area contributed by atoms with Crippen LogP contribution in [0.3, 0.4) is 0 Å². The number of amides is 1. The van der Waals surface area contributed by atoms with Gasteiger partial charge in [-0.1, -0.05) is 13.5 Å². The zero-order valence-electron chi connectivity index (χ0n) is 6.86. The van der Waals surface area contributed by atoms with Gasteiger partial charge >= 0.3 is 29.6 Å². The van der Waals surface area contributed by atoms with Crippen LogP contribution >= 0.6 is 0 Å². The summed E-state index contributed by atoms with van der Waals surface area (Å²) in [7, 11) is -3.67. The van der Waals surface area contributed by atoms with Crippen LogP contribution < -0.4 is 5.73 Å². The fourth-order valence-corrected chi connectivity index (χ4v) is 0.774. The summed E-state index contributed by atoms with van der Waals surface area (Å²) >= 11 is 0. The first kappa shape index (κ1) is 18.8. The number of carbonyl (C=O) groups is 1. The number of hydrogen-bond acceptors (Lipinski definition) is 3. The molecule has 0 unspecified atom stereocenters. The van der Waals surface area contributed by atoms with Crippen LogP contribution in [-0.2, 0) is 14.9 Å². The fourth-order valence-electron chi connectivity index (χ4n) is 0.258. The molecule has 0 radical (unpaired) electrons. The Balaban J connectivity index is -0.000000150. The summed E-state index contributed by atoms with van der Waals surface area (Å²) in [6.07, 6.45) is 1.53. The first-order valence-electron chi connectivity index (χ1n) is 3.20. The van der Waals surface area contributed by atoms with Gasteiger partial charge in [0.05, 0.1) is 5.75 Å². The predicted octanol–water partition coefficient (Wildman–Crippen LogP) is -0.707. The van der Waals surface area contributed by atoms with Gasteiger partial charge in [-0.05, 0) is 12.5 Å². The van der Waals surface area contributed by atoms with Gasteiger partial charge in [0.15, 0.2) is 0 Å². The third kappa shape index (κ3) is 33.1. The van der Waals surface area contributed by atoms with E-state index in [1.807, 2.05) is 0 Å². The van der Waals surface area contributed by atoms with E-state index >= 15 is 0 Å². The van der Waals surface area contributed by atoms with Crippen LogP contribution in [0.4, 0.5) is 0 Å². The van der Waals surface area contributed by atoms with Crippen LogP contribution in [0.2, 0.25) is 0 Å². The maximum atomic E-state index is 9.79. The van der Waals surface area contributed by atoms with E-state index in [1.54, 1.807) is 6.92 Å². The van der Waals surface area contributed by atoms with E-state index in [9.17, 15) is 13.2 Å². The first-order valence-corrected chi connectivity index (χ1v) is 4.81. The third-order valence-corrected chi connectivity index (χ3v) is 1.59. The molecule has 0 spiro atoms. The SMILES string of the molecule is C=CC(N)=O.CCCS(=O)(=O)O.[NaH]. The standard InChI is InChI=1S/C3H5NO.C3H8O3S.Na.H/c1-2-3(4)5;1-2-3-7(4,5)6;;/h2H,1H2,(H2,4,5);2-3H2,1H3,(H,4,5,6);;. The van der Waals surface area contributed by atoms with Gasteiger partial charge in [-0.3, -0.25) is 9.35 Å². The summed E-state index contributed by atoms with van der Waals surface area (Å²) in [5, 5.41) is 0. The summed E-state index contributed by atoms with van der Waals surface area (Å²) in [5.74, 6) is -0.613. The summed E-state index contributed by atoms with van der Waals surface area (Å²) in [6.45, 7) is 4.77. The Labute approximate surface area is 100 Å². The monoisotopic (exact) mass is 219 g/mol. The Hall–Kier alpha value is 0.120. The Morgan fingerprint density at radius 3 is 1.92 bits per heavy atom. The third-order valence-electron chi connectivity index (χ3n) is 0.663. The fraction of sp³-hybridized carbons (Fsp3) is 0.500. The van der Waals surface area contributed by atoms with Crippen molar-refractivity contribution in [2.75, 3.05) is 5.75 Å². The van der Waals surface area contributed by atoms with Crippen LogP contribution in [0.5, 0.6) is 0 Å². The van der Waals surface area contributed by atoms with Crippen molar-refractivity contribution in [3.63, 3.8) is 0 Å². The van der Waals surface area contributed by atoms with Crippen molar-refractivity contribution >= 4 is 45.6 Å². The molecule has 0 saturated carbocycles. The zero-order valence-corrected chi connectivity index (χ0v) is 7.67. The maximum absolute atomic E-state index is 9.79. The van der Waals surface area contributed by atoms with Gasteiger partial charge in [-0.2, -0.15) is 8.42 Å². The molecule has 13 heavy (non-hydrogen) atoms. The Kier molecular flexibility index (Phi) is 14.8. The molecule has 0 heterocycles. The van der Waals surface area contributed by atoms with Crippen molar-refractivity contribution < 1.29 is 17.8 Å².